The number of hydrogen-bond acceptors (Lipinski definition) is 4. The largest absolute Gasteiger partial charge is 0.496 e. The number of methoxy groups -OCH3 is 2. The third-order valence-electron chi connectivity index (χ3n) is 6.48. The molecule has 5 heteroatoms. The van der Waals surface area contributed by atoms with E-state index in [0.29, 0.717) is 23.5 Å². The van der Waals surface area contributed by atoms with Gasteiger partial charge in [0.25, 0.3) is 5.91 Å². The molecule has 0 radical (unpaired) electrons. The molecule has 1 saturated heterocycles. The van der Waals surface area contributed by atoms with E-state index in [1.54, 1.807) is 28.1 Å². The molecule has 1 N–H and O–H groups in total. The lowest BCUT2D eigenvalue weighted by Crippen LogP contribution is -2.41. The first kappa shape index (κ1) is 20.6. The third kappa shape index (κ3) is 3.24. The van der Waals surface area contributed by atoms with Crippen molar-refractivity contribution in [3.05, 3.63) is 83.4 Å². The highest BCUT2D eigenvalue weighted by Gasteiger charge is 2.56. The summed E-state index contributed by atoms with van der Waals surface area (Å²) in [6.07, 6.45) is 0.562. The molecule has 0 bridgehead atoms. The van der Waals surface area contributed by atoms with Crippen LogP contribution in [0.15, 0.2) is 66.7 Å². The summed E-state index contributed by atoms with van der Waals surface area (Å²) in [6, 6.07) is 22.5. The monoisotopic (exact) mass is 429 g/mol. The van der Waals surface area contributed by atoms with Crippen LogP contribution in [-0.4, -0.2) is 25.7 Å². The van der Waals surface area contributed by atoms with Crippen molar-refractivity contribution < 1.29 is 19.0 Å². The molecule has 1 heterocycles. The number of ether oxygens (including phenoxy) is 3. The summed E-state index contributed by atoms with van der Waals surface area (Å²) in [4.78, 5) is 12.9. The summed E-state index contributed by atoms with van der Waals surface area (Å²) in [7, 11) is 3.23. The van der Waals surface area contributed by atoms with Crippen LogP contribution in [0.3, 0.4) is 0 Å². The molecule has 1 amide bonds. The van der Waals surface area contributed by atoms with Crippen molar-refractivity contribution in [2.24, 2.45) is 0 Å². The number of amides is 1. The predicted octanol–water partition coefficient (Wildman–Crippen LogP) is 4.98. The molecule has 0 saturated carbocycles. The number of rotatable bonds is 6. The number of nitrogens with one attached hydrogen (secondary N) is 1. The van der Waals surface area contributed by atoms with E-state index >= 15 is 0 Å². The van der Waals surface area contributed by atoms with Gasteiger partial charge in [0.1, 0.15) is 17.1 Å². The highest BCUT2D eigenvalue weighted by atomic mass is 16.6. The number of benzene rings is 3. The van der Waals surface area contributed by atoms with Crippen LogP contribution in [0.25, 0.3) is 11.1 Å². The van der Waals surface area contributed by atoms with E-state index in [4.69, 9.17) is 14.2 Å². The van der Waals surface area contributed by atoms with E-state index < -0.39 is 11.3 Å². The van der Waals surface area contributed by atoms with Crippen molar-refractivity contribution in [2.75, 3.05) is 14.2 Å². The molecule has 32 heavy (non-hydrogen) atoms. The minimum atomic E-state index is -1.06. The molecule has 1 fully saturated rings. The molecule has 1 aliphatic carbocycles. The maximum atomic E-state index is 12.9. The van der Waals surface area contributed by atoms with Crippen LogP contribution in [0.1, 0.15) is 42.9 Å². The molecule has 2 atom stereocenters. The molecular weight excluding hydrogens is 402 g/mol. The van der Waals surface area contributed by atoms with Crippen LogP contribution in [-0.2, 0) is 15.3 Å². The minimum absolute atomic E-state index is 0.153. The van der Waals surface area contributed by atoms with Crippen LogP contribution in [0.2, 0.25) is 0 Å². The molecule has 5 nitrogen and oxygen atoms in total. The summed E-state index contributed by atoms with van der Waals surface area (Å²) in [5.74, 6) is 1.27. The Morgan fingerprint density at radius 1 is 0.875 bits per heavy atom. The van der Waals surface area contributed by atoms with Gasteiger partial charge in [0.05, 0.1) is 19.8 Å². The number of carbonyl (C=O) groups excluding carboxylic acids is 1. The molecule has 0 aromatic heterocycles. The lowest BCUT2D eigenvalue weighted by molar-refractivity contribution is -0.136. The summed E-state index contributed by atoms with van der Waals surface area (Å²) in [5, 5.41) is 3.15. The fourth-order valence-electron chi connectivity index (χ4n) is 4.82. The van der Waals surface area contributed by atoms with Crippen molar-refractivity contribution >= 4 is 5.91 Å². The third-order valence-corrected chi connectivity index (χ3v) is 6.48. The fourth-order valence-corrected chi connectivity index (χ4v) is 4.82. The van der Waals surface area contributed by atoms with E-state index in [9.17, 15) is 4.79 Å². The molecule has 1 aliphatic heterocycles. The van der Waals surface area contributed by atoms with Gasteiger partial charge in [-0.1, -0.05) is 54.6 Å². The van der Waals surface area contributed by atoms with Gasteiger partial charge in [-0.05, 0) is 48.2 Å². The zero-order valence-corrected chi connectivity index (χ0v) is 18.8. The van der Waals surface area contributed by atoms with E-state index in [0.717, 1.165) is 0 Å². The van der Waals surface area contributed by atoms with Crippen molar-refractivity contribution in [3.63, 3.8) is 0 Å². The lowest BCUT2D eigenvalue weighted by Gasteiger charge is -2.33. The van der Waals surface area contributed by atoms with E-state index in [1.165, 1.54) is 22.3 Å². The fraction of sp³-hybridized carbons (Fsp3) is 0.296. The lowest BCUT2D eigenvalue weighted by atomic mass is 9.93. The van der Waals surface area contributed by atoms with Crippen molar-refractivity contribution in [1.29, 1.82) is 0 Å². The van der Waals surface area contributed by atoms with Crippen LogP contribution in [0, 0.1) is 0 Å². The SMILES string of the molecule is COc1cccc(OC)c1C1(CC2c3ccc(-c4ccccc4)cc32)NC(=O)C(C)(C)O1. The second-order valence-corrected chi connectivity index (χ2v) is 8.90. The second-order valence-electron chi connectivity index (χ2n) is 8.90. The van der Waals surface area contributed by atoms with Gasteiger partial charge in [0.15, 0.2) is 5.72 Å². The van der Waals surface area contributed by atoms with Gasteiger partial charge in [-0.15, -0.1) is 0 Å². The smallest absolute Gasteiger partial charge is 0.254 e. The van der Waals surface area contributed by atoms with Crippen LogP contribution in [0.5, 0.6) is 11.5 Å². The first-order valence-corrected chi connectivity index (χ1v) is 10.8. The average molecular weight is 430 g/mol. The van der Waals surface area contributed by atoms with Crippen LogP contribution < -0.4 is 14.8 Å². The molecule has 3 aromatic carbocycles. The molecule has 2 unspecified atom stereocenters. The van der Waals surface area contributed by atoms with Gasteiger partial charge < -0.3 is 19.5 Å². The van der Waals surface area contributed by atoms with Gasteiger partial charge in [0.2, 0.25) is 0 Å². The van der Waals surface area contributed by atoms with Gasteiger partial charge >= 0.3 is 0 Å². The molecule has 164 valence electrons. The molecular formula is C27H27NO4. The van der Waals surface area contributed by atoms with Gasteiger partial charge in [-0.3, -0.25) is 4.79 Å². The molecule has 5 rings (SSSR count). The van der Waals surface area contributed by atoms with Crippen molar-refractivity contribution in [1.82, 2.24) is 5.32 Å². The zero-order valence-electron chi connectivity index (χ0n) is 18.8. The second kappa shape index (κ2) is 7.38. The zero-order chi connectivity index (χ0) is 22.5. The Hall–Kier alpha value is -3.31. The Bertz CT molecular complexity index is 1170. The quantitative estimate of drug-likeness (QED) is 0.600. The van der Waals surface area contributed by atoms with Gasteiger partial charge in [-0.2, -0.15) is 0 Å². The highest BCUT2D eigenvalue weighted by Crippen LogP contribution is 2.55. The number of hydrogen-bond donors (Lipinski definition) is 1. The Labute approximate surface area is 188 Å². The molecule has 3 aromatic rings. The van der Waals surface area contributed by atoms with Crippen molar-refractivity contribution in [3.8, 4) is 22.6 Å². The van der Waals surface area contributed by atoms with Crippen LogP contribution in [0.4, 0.5) is 0 Å². The first-order valence-electron chi connectivity index (χ1n) is 10.8. The molecule has 2 aliphatic rings. The number of carbonyl (C=O) groups is 1. The Morgan fingerprint density at radius 3 is 2.16 bits per heavy atom. The summed E-state index contributed by atoms with van der Waals surface area (Å²) < 4.78 is 17.8. The Morgan fingerprint density at radius 2 is 1.56 bits per heavy atom. The standard InChI is InChI=1S/C27H27NO4/c1-26(2)25(29)28-27(32-26,24-22(30-3)11-8-12-23(24)31-4)16-21-19-14-13-18(15-20(19)21)17-9-6-5-7-10-17/h5-15,21H,16H2,1-4H3,(H,28,29). The van der Waals surface area contributed by atoms with Crippen LogP contribution >= 0.6 is 0 Å². The van der Waals surface area contributed by atoms with E-state index in [2.05, 4.69) is 35.6 Å². The number of fused-ring (bicyclic) bond motifs is 1. The van der Waals surface area contributed by atoms with E-state index in [-0.39, 0.29) is 11.8 Å². The van der Waals surface area contributed by atoms with Gasteiger partial charge in [-0.25, -0.2) is 0 Å². The Balaban J connectivity index is 1.54. The highest BCUT2D eigenvalue weighted by molar-refractivity contribution is 5.87. The first-order chi connectivity index (χ1) is 15.4. The maximum absolute atomic E-state index is 12.9. The van der Waals surface area contributed by atoms with Gasteiger partial charge in [0, 0.05) is 12.3 Å². The van der Waals surface area contributed by atoms with E-state index in [1.807, 2.05) is 36.4 Å². The average Bonchev–Trinajstić information content (AvgIpc) is 3.42. The predicted molar refractivity (Wildman–Crippen MR) is 123 cm³/mol. The van der Waals surface area contributed by atoms with Crippen molar-refractivity contribution in [2.45, 2.75) is 37.5 Å². The topological polar surface area (TPSA) is 56.8 Å². The summed E-state index contributed by atoms with van der Waals surface area (Å²) in [5.41, 5.74) is 3.62. The molecule has 0 spiro atoms. The summed E-state index contributed by atoms with van der Waals surface area (Å²) in [6.45, 7) is 3.58. The normalized spacial score (nSPS) is 22.8. The Kier molecular flexibility index (Phi) is 4.75. The maximum Gasteiger partial charge on any atom is 0.254 e. The summed E-state index contributed by atoms with van der Waals surface area (Å²) >= 11 is 0. The minimum Gasteiger partial charge on any atom is -0.496 e.